The third kappa shape index (κ3) is 3.04. The van der Waals surface area contributed by atoms with Crippen molar-refractivity contribution in [1.82, 2.24) is 19.5 Å². The van der Waals surface area contributed by atoms with Crippen LogP contribution in [0.15, 0.2) is 18.5 Å². The highest BCUT2D eigenvalue weighted by Gasteiger charge is 2.27. The van der Waals surface area contributed by atoms with Crippen LogP contribution in [0.3, 0.4) is 0 Å². The van der Waals surface area contributed by atoms with Crippen molar-refractivity contribution in [3.63, 3.8) is 0 Å². The van der Waals surface area contributed by atoms with Crippen molar-refractivity contribution in [2.24, 2.45) is 7.05 Å². The van der Waals surface area contributed by atoms with E-state index in [1.807, 2.05) is 24.0 Å². The summed E-state index contributed by atoms with van der Waals surface area (Å²) in [7, 11) is 2.00. The molecule has 0 radical (unpaired) electrons. The predicted molar refractivity (Wildman–Crippen MR) is 74.4 cm³/mol. The third-order valence-corrected chi connectivity index (χ3v) is 3.42. The van der Waals surface area contributed by atoms with Crippen molar-refractivity contribution in [3.8, 4) is 0 Å². The van der Waals surface area contributed by atoms with Crippen molar-refractivity contribution >= 4 is 17.4 Å². The van der Waals surface area contributed by atoms with Gasteiger partial charge in [-0.05, 0) is 12.8 Å². The van der Waals surface area contributed by atoms with Crippen LogP contribution < -0.4 is 5.32 Å². The van der Waals surface area contributed by atoms with E-state index in [2.05, 4.69) is 20.3 Å². The SMILES string of the molecule is Cn1ccnc1CCNc1cc(Cl)nc(C2CC2)n1. The van der Waals surface area contributed by atoms with Crippen molar-refractivity contribution in [1.29, 1.82) is 0 Å². The number of imidazole rings is 1. The fourth-order valence-electron chi connectivity index (χ4n) is 1.99. The smallest absolute Gasteiger partial charge is 0.135 e. The molecule has 19 heavy (non-hydrogen) atoms. The number of halogens is 1. The van der Waals surface area contributed by atoms with E-state index in [4.69, 9.17) is 11.6 Å². The number of aromatic nitrogens is 4. The molecule has 0 aromatic carbocycles. The minimum absolute atomic E-state index is 0.508. The standard InChI is InChI=1S/C13H16ClN5/c1-19-7-6-16-12(19)4-5-15-11-8-10(14)17-13(18-11)9-2-3-9/h6-9H,2-5H2,1H3,(H,15,17,18). The quantitative estimate of drug-likeness (QED) is 0.853. The van der Waals surface area contributed by atoms with Gasteiger partial charge in [-0.1, -0.05) is 11.6 Å². The molecule has 2 aromatic heterocycles. The van der Waals surface area contributed by atoms with Crippen LogP contribution in [-0.4, -0.2) is 26.1 Å². The molecule has 0 bridgehead atoms. The van der Waals surface area contributed by atoms with E-state index >= 15 is 0 Å². The second-order valence-electron chi connectivity index (χ2n) is 4.84. The highest BCUT2D eigenvalue weighted by atomic mass is 35.5. The summed E-state index contributed by atoms with van der Waals surface area (Å²) in [5.74, 6) is 3.23. The second kappa shape index (κ2) is 5.17. The van der Waals surface area contributed by atoms with E-state index in [0.717, 1.165) is 30.4 Å². The lowest BCUT2D eigenvalue weighted by Crippen LogP contribution is -2.10. The Morgan fingerprint density at radius 3 is 2.95 bits per heavy atom. The Morgan fingerprint density at radius 1 is 1.42 bits per heavy atom. The lowest BCUT2D eigenvalue weighted by Gasteiger charge is -2.07. The summed E-state index contributed by atoms with van der Waals surface area (Å²) < 4.78 is 2.02. The maximum absolute atomic E-state index is 6.02. The zero-order valence-electron chi connectivity index (χ0n) is 10.8. The van der Waals surface area contributed by atoms with Crippen molar-refractivity contribution in [2.75, 3.05) is 11.9 Å². The molecule has 0 aliphatic heterocycles. The first kappa shape index (κ1) is 12.4. The van der Waals surface area contributed by atoms with E-state index in [9.17, 15) is 0 Å². The monoisotopic (exact) mass is 277 g/mol. The minimum atomic E-state index is 0.508. The molecule has 2 heterocycles. The molecule has 5 nitrogen and oxygen atoms in total. The van der Waals surface area contributed by atoms with E-state index in [-0.39, 0.29) is 0 Å². The maximum Gasteiger partial charge on any atom is 0.135 e. The van der Waals surface area contributed by atoms with Crippen LogP contribution in [0.25, 0.3) is 0 Å². The summed E-state index contributed by atoms with van der Waals surface area (Å²) in [6, 6.07) is 1.77. The van der Waals surface area contributed by atoms with Gasteiger partial charge in [-0.3, -0.25) is 0 Å². The van der Waals surface area contributed by atoms with E-state index < -0.39 is 0 Å². The van der Waals surface area contributed by atoms with Crippen LogP contribution in [0.5, 0.6) is 0 Å². The summed E-state index contributed by atoms with van der Waals surface area (Å²) in [5, 5.41) is 3.80. The summed E-state index contributed by atoms with van der Waals surface area (Å²) in [5.41, 5.74) is 0. The molecule has 0 unspecified atom stereocenters. The predicted octanol–water partition coefficient (Wildman–Crippen LogP) is 2.40. The molecule has 1 N–H and O–H groups in total. The first-order valence-corrected chi connectivity index (χ1v) is 6.85. The van der Waals surface area contributed by atoms with Crippen LogP contribution in [0.2, 0.25) is 5.15 Å². The summed E-state index contributed by atoms with van der Waals surface area (Å²) in [6.07, 6.45) is 6.95. The molecule has 1 fully saturated rings. The topological polar surface area (TPSA) is 55.6 Å². The number of aryl methyl sites for hydroxylation is 1. The number of anilines is 1. The fourth-order valence-corrected chi connectivity index (χ4v) is 2.18. The number of nitrogens with zero attached hydrogens (tertiary/aromatic N) is 4. The van der Waals surface area contributed by atoms with Gasteiger partial charge in [0.05, 0.1) is 0 Å². The van der Waals surface area contributed by atoms with Crippen LogP contribution in [0, 0.1) is 0 Å². The highest BCUT2D eigenvalue weighted by Crippen LogP contribution is 2.38. The summed E-state index contributed by atoms with van der Waals surface area (Å²) in [6.45, 7) is 0.780. The van der Waals surface area contributed by atoms with Crippen molar-refractivity contribution in [2.45, 2.75) is 25.2 Å². The van der Waals surface area contributed by atoms with Crippen molar-refractivity contribution < 1.29 is 0 Å². The van der Waals surface area contributed by atoms with Gasteiger partial charge in [0.15, 0.2) is 0 Å². The van der Waals surface area contributed by atoms with Crippen LogP contribution in [0.1, 0.15) is 30.4 Å². The largest absolute Gasteiger partial charge is 0.369 e. The van der Waals surface area contributed by atoms with E-state index in [1.54, 1.807) is 6.07 Å². The molecule has 0 spiro atoms. The Labute approximate surface area is 117 Å². The highest BCUT2D eigenvalue weighted by molar-refractivity contribution is 6.29. The number of rotatable bonds is 5. The van der Waals surface area contributed by atoms with Gasteiger partial charge in [0.25, 0.3) is 0 Å². The lowest BCUT2D eigenvalue weighted by molar-refractivity contribution is 0.787. The zero-order valence-corrected chi connectivity index (χ0v) is 11.6. The first-order chi connectivity index (χ1) is 9.22. The fraction of sp³-hybridized carbons (Fsp3) is 0.462. The molecule has 1 aliphatic carbocycles. The Kier molecular flexibility index (Phi) is 3.38. The minimum Gasteiger partial charge on any atom is -0.369 e. The van der Waals surface area contributed by atoms with Gasteiger partial charge in [-0.15, -0.1) is 0 Å². The van der Waals surface area contributed by atoms with Gasteiger partial charge in [-0.25, -0.2) is 15.0 Å². The van der Waals surface area contributed by atoms with Gasteiger partial charge in [-0.2, -0.15) is 0 Å². The molecule has 3 rings (SSSR count). The third-order valence-electron chi connectivity index (χ3n) is 3.23. The van der Waals surface area contributed by atoms with Crippen LogP contribution in [-0.2, 0) is 13.5 Å². The van der Waals surface area contributed by atoms with E-state index in [0.29, 0.717) is 11.1 Å². The van der Waals surface area contributed by atoms with Crippen LogP contribution >= 0.6 is 11.6 Å². The van der Waals surface area contributed by atoms with Gasteiger partial charge >= 0.3 is 0 Å². The van der Waals surface area contributed by atoms with Crippen molar-refractivity contribution in [3.05, 3.63) is 35.3 Å². The molecule has 1 saturated carbocycles. The van der Waals surface area contributed by atoms with E-state index in [1.165, 1.54) is 12.8 Å². The molecule has 1 aliphatic rings. The molecule has 100 valence electrons. The molecule has 0 atom stereocenters. The van der Waals surface area contributed by atoms with Gasteiger partial charge in [0.2, 0.25) is 0 Å². The Bertz CT molecular complexity index is 576. The number of hydrogen-bond acceptors (Lipinski definition) is 4. The van der Waals surface area contributed by atoms with Gasteiger partial charge in [0.1, 0.15) is 22.6 Å². The molecule has 6 heteroatoms. The average Bonchev–Trinajstić information content (AvgIpc) is 3.14. The lowest BCUT2D eigenvalue weighted by atomic mass is 10.3. The zero-order chi connectivity index (χ0) is 13.2. The first-order valence-electron chi connectivity index (χ1n) is 6.47. The molecular formula is C13H16ClN5. The normalized spacial score (nSPS) is 14.6. The maximum atomic E-state index is 6.02. The number of nitrogens with one attached hydrogen (secondary N) is 1. The average molecular weight is 278 g/mol. The van der Waals surface area contributed by atoms with Gasteiger partial charge in [0, 0.05) is 44.4 Å². The molecule has 0 saturated heterocycles. The molecule has 0 amide bonds. The van der Waals surface area contributed by atoms with Crippen LogP contribution in [0.4, 0.5) is 5.82 Å². The molecule has 2 aromatic rings. The summed E-state index contributed by atoms with van der Waals surface area (Å²) in [4.78, 5) is 13.1. The molecular weight excluding hydrogens is 262 g/mol. The summed E-state index contributed by atoms with van der Waals surface area (Å²) >= 11 is 6.02. The Balaban J connectivity index is 1.62. The number of hydrogen-bond donors (Lipinski definition) is 1. The van der Waals surface area contributed by atoms with Gasteiger partial charge < -0.3 is 9.88 Å². The Hall–Kier alpha value is -1.62. The second-order valence-corrected chi connectivity index (χ2v) is 5.23. The Morgan fingerprint density at radius 2 is 2.26 bits per heavy atom.